The van der Waals surface area contributed by atoms with Crippen molar-refractivity contribution in [2.75, 3.05) is 0 Å². The second-order valence-electron chi connectivity index (χ2n) is 6.41. The molecule has 0 bridgehead atoms. The number of hydrogen-bond acceptors (Lipinski definition) is 4. The van der Waals surface area contributed by atoms with Gasteiger partial charge in [-0.1, -0.05) is 38.3 Å². The Hall–Kier alpha value is -1.55. The van der Waals surface area contributed by atoms with Crippen molar-refractivity contribution in [1.29, 1.82) is 0 Å². The highest BCUT2D eigenvalue weighted by molar-refractivity contribution is 5.75. The Morgan fingerprint density at radius 3 is 2.70 bits per heavy atom. The van der Waals surface area contributed by atoms with Crippen LogP contribution in [-0.2, 0) is 20.7 Å². The highest BCUT2D eigenvalue weighted by Crippen LogP contribution is 2.24. The fourth-order valence-electron chi connectivity index (χ4n) is 2.88. The van der Waals surface area contributed by atoms with E-state index in [9.17, 15) is 9.90 Å². The third-order valence-corrected chi connectivity index (χ3v) is 4.40. The average Bonchev–Trinajstić information content (AvgIpc) is 2.55. The largest absolute Gasteiger partial charge is 0.508 e. The predicted molar refractivity (Wildman–Crippen MR) is 89.4 cm³/mol. The molecule has 0 amide bonds. The molecule has 1 aromatic rings. The topological polar surface area (TPSA) is 55.8 Å². The molecule has 0 radical (unpaired) electrons. The first kappa shape index (κ1) is 17.8. The van der Waals surface area contributed by atoms with E-state index >= 15 is 0 Å². The minimum atomic E-state index is -0.603. The van der Waals surface area contributed by atoms with E-state index in [1.807, 2.05) is 19.9 Å². The molecule has 2 atom stereocenters. The smallest absolute Gasteiger partial charge is 0.335 e. The van der Waals surface area contributed by atoms with Gasteiger partial charge >= 0.3 is 5.97 Å². The lowest BCUT2D eigenvalue weighted by molar-refractivity contribution is -0.167. The molecular weight excluding hydrogens is 292 g/mol. The number of carbonyl (C=O) groups excluding carboxylic acids is 1. The molecule has 1 aliphatic carbocycles. The maximum Gasteiger partial charge on any atom is 0.335 e. The summed E-state index contributed by atoms with van der Waals surface area (Å²) in [7, 11) is 0. The summed E-state index contributed by atoms with van der Waals surface area (Å²) in [6, 6.07) is 6.97. The first-order valence-electron chi connectivity index (χ1n) is 8.72. The number of aromatic hydroxyl groups is 1. The van der Waals surface area contributed by atoms with Crippen LogP contribution in [0.3, 0.4) is 0 Å². The van der Waals surface area contributed by atoms with Crippen molar-refractivity contribution in [3.8, 4) is 5.75 Å². The molecule has 1 aromatic carbocycles. The van der Waals surface area contributed by atoms with E-state index in [-0.39, 0.29) is 23.9 Å². The molecule has 0 heterocycles. The fraction of sp³-hybridized carbons (Fsp3) is 0.632. The summed E-state index contributed by atoms with van der Waals surface area (Å²) in [5.41, 5.74) is 0.881. The summed E-state index contributed by atoms with van der Waals surface area (Å²) >= 11 is 0. The number of esters is 1. The Bertz CT molecular complexity index is 494. The van der Waals surface area contributed by atoms with Crippen molar-refractivity contribution < 1.29 is 19.4 Å². The molecule has 1 saturated carbocycles. The molecule has 0 spiro atoms. The van der Waals surface area contributed by atoms with Crippen LogP contribution in [0.15, 0.2) is 24.3 Å². The normalized spacial score (nSPS) is 18.3. The van der Waals surface area contributed by atoms with Crippen molar-refractivity contribution in [2.45, 2.75) is 77.1 Å². The van der Waals surface area contributed by atoms with Crippen LogP contribution in [0.25, 0.3) is 0 Å². The van der Waals surface area contributed by atoms with Crippen molar-refractivity contribution in [2.24, 2.45) is 0 Å². The van der Waals surface area contributed by atoms with Gasteiger partial charge in [-0.15, -0.1) is 0 Å². The number of carbonyl (C=O) groups is 1. The molecule has 4 heteroatoms. The Labute approximate surface area is 138 Å². The molecule has 1 fully saturated rings. The standard InChI is InChI=1S/C19H28O4/c1-3-14(2)22-19(21)18(23-17-10-5-4-6-11-17)13-15-8-7-9-16(20)12-15/h7-9,12,14,17-18,20H,3-6,10-11,13H2,1-2H3. The molecule has 1 aliphatic rings. The van der Waals surface area contributed by atoms with Gasteiger partial charge in [0, 0.05) is 6.42 Å². The predicted octanol–water partition coefficient (Wildman–Crippen LogP) is 3.99. The van der Waals surface area contributed by atoms with Crippen LogP contribution < -0.4 is 0 Å². The zero-order valence-electron chi connectivity index (χ0n) is 14.2. The molecule has 1 N–H and O–H groups in total. The fourth-order valence-corrected chi connectivity index (χ4v) is 2.88. The molecule has 0 saturated heterocycles. The third kappa shape index (κ3) is 5.87. The number of rotatable bonds is 7. The molecule has 2 rings (SSSR count). The molecule has 0 aromatic heterocycles. The monoisotopic (exact) mass is 320 g/mol. The Morgan fingerprint density at radius 1 is 1.30 bits per heavy atom. The maximum atomic E-state index is 12.5. The SMILES string of the molecule is CCC(C)OC(=O)C(Cc1cccc(O)c1)OC1CCCCC1. The average molecular weight is 320 g/mol. The van der Waals surface area contributed by atoms with Gasteiger partial charge in [-0.2, -0.15) is 0 Å². The Kier molecular flexibility index (Phi) is 6.90. The van der Waals surface area contributed by atoms with Crippen LogP contribution in [-0.4, -0.2) is 29.4 Å². The van der Waals surface area contributed by atoms with E-state index in [0.717, 1.165) is 37.7 Å². The van der Waals surface area contributed by atoms with Crippen LogP contribution >= 0.6 is 0 Å². The number of hydrogen-bond donors (Lipinski definition) is 1. The van der Waals surface area contributed by atoms with Crippen LogP contribution in [0.5, 0.6) is 5.75 Å². The van der Waals surface area contributed by atoms with Gasteiger partial charge in [0.1, 0.15) is 5.75 Å². The van der Waals surface area contributed by atoms with E-state index in [1.165, 1.54) is 6.42 Å². The van der Waals surface area contributed by atoms with E-state index in [1.54, 1.807) is 18.2 Å². The van der Waals surface area contributed by atoms with Gasteiger partial charge in [-0.3, -0.25) is 0 Å². The van der Waals surface area contributed by atoms with Gasteiger partial charge in [0.15, 0.2) is 6.10 Å². The van der Waals surface area contributed by atoms with Gasteiger partial charge in [0.05, 0.1) is 12.2 Å². The quantitative estimate of drug-likeness (QED) is 0.772. The van der Waals surface area contributed by atoms with E-state index < -0.39 is 6.10 Å². The lowest BCUT2D eigenvalue weighted by atomic mass is 9.97. The number of ether oxygens (including phenoxy) is 2. The summed E-state index contributed by atoms with van der Waals surface area (Å²) in [5.74, 6) is -0.0949. The highest BCUT2D eigenvalue weighted by Gasteiger charge is 2.27. The first-order valence-corrected chi connectivity index (χ1v) is 8.72. The van der Waals surface area contributed by atoms with E-state index in [2.05, 4.69) is 0 Å². The Morgan fingerprint density at radius 2 is 2.04 bits per heavy atom. The number of benzene rings is 1. The number of phenols is 1. The molecule has 4 nitrogen and oxygen atoms in total. The van der Waals surface area contributed by atoms with Gasteiger partial charge in [0.25, 0.3) is 0 Å². The maximum absolute atomic E-state index is 12.5. The van der Waals surface area contributed by atoms with Crippen LogP contribution in [0.2, 0.25) is 0 Å². The summed E-state index contributed by atoms with van der Waals surface area (Å²) in [6.45, 7) is 3.88. The number of phenolic OH excluding ortho intramolecular Hbond substituents is 1. The lowest BCUT2D eigenvalue weighted by Crippen LogP contribution is -2.35. The van der Waals surface area contributed by atoms with Gasteiger partial charge in [-0.25, -0.2) is 4.79 Å². The van der Waals surface area contributed by atoms with Crippen LogP contribution in [0, 0.1) is 0 Å². The van der Waals surface area contributed by atoms with Crippen molar-refractivity contribution in [3.05, 3.63) is 29.8 Å². The molecular formula is C19H28O4. The van der Waals surface area contributed by atoms with Gasteiger partial charge in [-0.05, 0) is 43.9 Å². The summed E-state index contributed by atoms with van der Waals surface area (Å²) in [4.78, 5) is 12.5. The summed E-state index contributed by atoms with van der Waals surface area (Å²) < 4.78 is 11.6. The lowest BCUT2D eigenvalue weighted by Gasteiger charge is -2.27. The minimum Gasteiger partial charge on any atom is -0.508 e. The molecule has 128 valence electrons. The second kappa shape index (κ2) is 8.92. The van der Waals surface area contributed by atoms with Crippen molar-refractivity contribution in [3.63, 3.8) is 0 Å². The zero-order chi connectivity index (χ0) is 16.7. The summed E-state index contributed by atoms with van der Waals surface area (Å²) in [5, 5.41) is 9.61. The van der Waals surface area contributed by atoms with Gasteiger partial charge < -0.3 is 14.6 Å². The van der Waals surface area contributed by atoms with Gasteiger partial charge in [0.2, 0.25) is 0 Å². The van der Waals surface area contributed by atoms with E-state index in [4.69, 9.17) is 9.47 Å². The van der Waals surface area contributed by atoms with Crippen LogP contribution in [0.1, 0.15) is 57.9 Å². The van der Waals surface area contributed by atoms with E-state index in [0.29, 0.717) is 6.42 Å². The minimum absolute atomic E-state index is 0.107. The first-order chi connectivity index (χ1) is 11.1. The molecule has 0 aliphatic heterocycles. The van der Waals surface area contributed by atoms with Crippen molar-refractivity contribution >= 4 is 5.97 Å². The second-order valence-corrected chi connectivity index (χ2v) is 6.41. The van der Waals surface area contributed by atoms with Crippen LogP contribution in [0.4, 0.5) is 0 Å². The zero-order valence-corrected chi connectivity index (χ0v) is 14.2. The third-order valence-electron chi connectivity index (χ3n) is 4.40. The van der Waals surface area contributed by atoms with Crippen molar-refractivity contribution in [1.82, 2.24) is 0 Å². The summed E-state index contributed by atoms with van der Waals surface area (Å²) in [6.07, 6.45) is 6.21. The molecule has 23 heavy (non-hydrogen) atoms. The molecule has 2 unspecified atom stereocenters. The highest BCUT2D eigenvalue weighted by atomic mass is 16.6. The Balaban J connectivity index is 2.04.